The standard InChI is InChI=1S/C7H12N2O3S/c1-7(2)6(10)8-5(9-7)4-13(3,11)12/h4H2,1-3H3,(H,8,9,10). The van der Waals surface area contributed by atoms with E-state index >= 15 is 0 Å². The fraction of sp³-hybridized carbons (Fsp3) is 0.714. The van der Waals surface area contributed by atoms with Gasteiger partial charge < -0.3 is 5.32 Å². The van der Waals surface area contributed by atoms with Crippen LogP contribution in [0.1, 0.15) is 13.8 Å². The van der Waals surface area contributed by atoms with Crippen molar-refractivity contribution in [2.75, 3.05) is 12.0 Å². The third-order valence-corrected chi connectivity index (χ3v) is 2.42. The van der Waals surface area contributed by atoms with Gasteiger partial charge in [0.1, 0.15) is 17.1 Å². The Kier molecular flexibility index (Phi) is 2.19. The van der Waals surface area contributed by atoms with Crippen LogP contribution in [-0.4, -0.2) is 37.7 Å². The Morgan fingerprint density at radius 2 is 2.00 bits per heavy atom. The Morgan fingerprint density at radius 1 is 1.46 bits per heavy atom. The molecule has 0 radical (unpaired) electrons. The van der Waals surface area contributed by atoms with Gasteiger partial charge in [-0.3, -0.25) is 9.79 Å². The Hall–Kier alpha value is -0.910. The van der Waals surface area contributed by atoms with E-state index in [2.05, 4.69) is 10.3 Å². The maximum absolute atomic E-state index is 11.2. The lowest BCUT2D eigenvalue weighted by Gasteiger charge is -2.07. The molecule has 6 heteroatoms. The number of carbonyl (C=O) groups excluding carboxylic acids is 1. The topological polar surface area (TPSA) is 75.6 Å². The van der Waals surface area contributed by atoms with E-state index in [1.807, 2.05) is 0 Å². The second kappa shape index (κ2) is 2.80. The van der Waals surface area contributed by atoms with Gasteiger partial charge in [0.05, 0.1) is 0 Å². The minimum atomic E-state index is -3.13. The highest BCUT2D eigenvalue weighted by atomic mass is 32.2. The van der Waals surface area contributed by atoms with Crippen LogP contribution in [0.5, 0.6) is 0 Å². The number of amides is 1. The van der Waals surface area contributed by atoms with Crippen LogP contribution in [0.3, 0.4) is 0 Å². The number of sulfone groups is 1. The Bertz CT molecular complexity index is 367. The summed E-state index contributed by atoms with van der Waals surface area (Å²) in [7, 11) is -3.13. The number of nitrogens with one attached hydrogen (secondary N) is 1. The van der Waals surface area contributed by atoms with Crippen molar-refractivity contribution in [3.63, 3.8) is 0 Å². The number of carbonyl (C=O) groups is 1. The van der Waals surface area contributed by atoms with E-state index < -0.39 is 15.4 Å². The van der Waals surface area contributed by atoms with Gasteiger partial charge in [-0.25, -0.2) is 8.42 Å². The molecule has 0 fully saturated rings. The molecule has 0 aliphatic carbocycles. The summed E-state index contributed by atoms with van der Waals surface area (Å²) in [5.41, 5.74) is -0.833. The van der Waals surface area contributed by atoms with Crippen molar-refractivity contribution >= 4 is 21.6 Å². The molecular formula is C7H12N2O3S. The first-order valence-electron chi connectivity index (χ1n) is 3.79. The molecule has 1 amide bonds. The molecule has 0 atom stereocenters. The average Bonchev–Trinajstić information content (AvgIpc) is 2.01. The van der Waals surface area contributed by atoms with Gasteiger partial charge in [0, 0.05) is 6.26 Å². The van der Waals surface area contributed by atoms with Crippen molar-refractivity contribution in [3.05, 3.63) is 0 Å². The Labute approximate surface area is 77.2 Å². The molecule has 0 saturated heterocycles. The monoisotopic (exact) mass is 204 g/mol. The van der Waals surface area contributed by atoms with E-state index in [9.17, 15) is 13.2 Å². The van der Waals surface area contributed by atoms with Crippen LogP contribution in [0.4, 0.5) is 0 Å². The van der Waals surface area contributed by atoms with Crippen molar-refractivity contribution in [1.29, 1.82) is 0 Å². The number of nitrogens with zero attached hydrogens (tertiary/aromatic N) is 1. The van der Waals surface area contributed by atoms with Crippen molar-refractivity contribution in [2.24, 2.45) is 4.99 Å². The van der Waals surface area contributed by atoms with Crippen LogP contribution in [0.2, 0.25) is 0 Å². The molecule has 0 aromatic carbocycles. The maximum atomic E-state index is 11.2. The molecule has 1 heterocycles. The molecule has 13 heavy (non-hydrogen) atoms. The predicted molar refractivity (Wildman–Crippen MR) is 49.4 cm³/mol. The highest BCUT2D eigenvalue weighted by Gasteiger charge is 2.34. The highest BCUT2D eigenvalue weighted by molar-refractivity contribution is 7.91. The SMILES string of the molecule is CC1(C)N=C(CS(C)(=O)=O)NC1=O. The molecule has 0 spiro atoms. The van der Waals surface area contributed by atoms with Gasteiger partial charge in [0.25, 0.3) is 5.91 Å². The quantitative estimate of drug-likeness (QED) is 0.648. The summed E-state index contributed by atoms with van der Waals surface area (Å²) in [6.45, 7) is 3.27. The first kappa shape index (κ1) is 10.2. The van der Waals surface area contributed by atoms with E-state index in [1.165, 1.54) is 0 Å². The van der Waals surface area contributed by atoms with Gasteiger partial charge in [0.15, 0.2) is 9.84 Å². The summed E-state index contributed by atoms with van der Waals surface area (Å²) < 4.78 is 21.7. The lowest BCUT2D eigenvalue weighted by atomic mass is 10.1. The van der Waals surface area contributed by atoms with Crippen LogP contribution >= 0.6 is 0 Å². The lowest BCUT2D eigenvalue weighted by Crippen LogP contribution is -2.36. The van der Waals surface area contributed by atoms with Crippen molar-refractivity contribution < 1.29 is 13.2 Å². The molecule has 5 nitrogen and oxygen atoms in total. The lowest BCUT2D eigenvalue weighted by molar-refractivity contribution is -0.122. The Morgan fingerprint density at radius 3 is 2.31 bits per heavy atom. The maximum Gasteiger partial charge on any atom is 0.252 e. The first-order chi connectivity index (χ1) is 5.71. The largest absolute Gasteiger partial charge is 0.312 e. The van der Waals surface area contributed by atoms with Crippen LogP contribution in [0.15, 0.2) is 4.99 Å². The molecule has 0 saturated carbocycles. The fourth-order valence-corrected chi connectivity index (χ4v) is 1.65. The second-order valence-corrected chi connectivity index (χ2v) is 5.78. The number of hydrogen-bond acceptors (Lipinski definition) is 4. The average molecular weight is 204 g/mol. The first-order valence-corrected chi connectivity index (χ1v) is 5.85. The van der Waals surface area contributed by atoms with Gasteiger partial charge in [-0.15, -0.1) is 0 Å². The number of hydrogen-bond donors (Lipinski definition) is 1. The summed E-state index contributed by atoms with van der Waals surface area (Å²) in [5.74, 6) is -0.231. The zero-order valence-electron chi connectivity index (χ0n) is 7.79. The van der Waals surface area contributed by atoms with Gasteiger partial charge in [-0.05, 0) is 13.8 Å². The third kappa shape index (κ3) is 2.51. The molecule has 0 bridgehead atoms. The minimum absolute atomic E-state index is 0.206. The minimum Gasteiger partial charge on any atom is -0.312 e. The smallest absolute Gasteiger partial charge is 0.252 e. The van der Waals surface area contributed by atoms with E-state index in [-0.39, 0.29) is 17.5 Å². The fourth-order valence-electron chi connectivity index (χ4n) is 1.02. The number of aliphatic imine (C=N–C) groups is 1. The zero-order chi connectivity index (χ0) is 10.3. The van der Waals surface area contributed by atoms with Gasteiger partial charge in [0.2, 0.25) is 0 Å². The third-order valence-electron chi connectivity index (χ3n) is 1.63. The van der Waals surface area contributed by atoms with Crippen LogP contribution < -0.4 is 5.32 Å². The van der Waals surface area contributed by atoms with Crippen LogP contribution in [0.25, 0.3) is 0 Å². The predicted octanol–water partition coefficient (Wildman–Crippen LogP) is -0.662. The molecule has 0 aromatic rings. The summed E-state index contributed by atoms with van der Waals surface area (Å²) in [6, 6.07) is 0. The van der Waals surface area contributed by atoms with E-state index in [4.69, 9.17) is 0 Å². The van der Waals surface area contributed by atoms with E-state index in [0.717, 1.165) is 6.26 Å². The molecule has 1 aliphatic heterocycles. The van der Waals surface area contributed by atoms with Crippen molar-refractivity contribution in [1.82, 2.24) is 5.32 Å². The van der Waals surface area contributed by atoms with Crippen molar-refractivity contribution in [3.8, 4) is 0 Å². The summed E-state index contributed by atoms with van der Waals surface area (Å²) >= 11 is 0. The van der Waals surface area contributed by atoms with Gasteiger partial charge >= 0.3 is 0 Å². The molecule has 1 rings (SSSR count). The van der Waals surface area contributed by atoms with Gasteiger partial charge in [-0.1, -0.05) is 0 Å². The molecule has 1 aliphatic rings. The van der Waals surface area contributed by atoms with Crippen LogP contribution in [0, 0.1) is 0 Å². The van der Waals surface area contributed by atoms with E-state index in [0.29, 0.717) is 0 Å². The number of rotatable bonds is 2. The summed E-state index contributed by atoms with van der Waals surface area (Å²) in [5, 5.41) is 2.43. The molecule has 1 N–H and O–H groups in total. The molecule has 0 unspecified atom stereocenters. The number of amidine groups is 1. The highest BCUT2D eigenvalue weighted by Crippen LogP contribution is 2.14. The van der Waals surface area contributed by atoms with E-state index in [1.54, 1.807) is 13.8 Å². The van der Waals surface area contributed by atoms with Crippen LogP contribution in [-0.2, 0) is 14.6 Å². The molecule has 74 valence electrons. The van der Waals surface area contributed by atoms with Gasteiger partial charge in [-0.2, -0.15) is 0 Å². The van der Waals surface area contributed by atoms with Crippen molar-refractivity contribution in [2.45, 2.75) is 19.4 Å². The molecular weight excluding hydrogens is 192 g/mol. The zero-order valence-corrected chi connectivity index (χ0v) is 8.60. The normalized spacial score (nSPS) is 21.2. The summed E-state index contributed by atoms with van der Waals surface area (Å²) in [4.78, 5) is 15.1. The summed E-state index contributed by atoms with van der Waals surface area (Å²) in [6.07, 6.45) is 1.10. The Balaban J connectivity index is 2.83. The second-order valence-electron chi connectivity index (χ2n) is 3.64. The molecule has 0 aromatic heterocycles.